The van der Waals surface area contributed by atoms with E-state index >= 15 is 0 Å². The first kappa shape index (κ1) is 25.4. The van der Waals surface area contributed by atoms with E-state index in [1.54, 1.807) is 0 Å². The molecule has 0 spiro atoms. The lowest BCUT2D eigenvalue weighted by Gasteiger charge is -2.38. The van der Waals surface area contributed by atoms with Crippen molar-refractivity contribution in [3.8, 4) is 45.8 Å². The molecule has 3 unspecified atom stereocenters. The summed E-state index contributed by atoms with van der Waals surface area (Å²) in [7, 11) is 2.55. The zero-order chi connectivity index (χ0) is 27.3. The Balaban J connectivity index is 1.54. The Kier molecular flexibility index (Phi) is 6.40. The third kappa shape index (κ3) is 3.99. The average molecular weight is 534 g/mol. The molecule has 0 aliphatic carbocycles. The van der Waals surface area contributed by atoms with Crippen LogP contribution in [0, 0.1) is 0 Å². The molecule has 0 radical (unpaired) electrons. The Labute approximate surface area is 212 Å². The molecule has 202 valence electrons. The molecule has 1 fully saturated rings. The summed E-state index contributed by atoms with van der Waals surface area (Å²) < 4.78 is 37.8. The molecule has 14 nitrogen and oxygen atoms in total. The molecule has 2 aliphatic heterocycles. The van der Waals surface area contributed by atoms with Gasteiger partial charge in [0, 0.05) is 11.6 Å². The standard InChI is InChI=1S/C24H22O14/c1-32-10-5-8(3-4-9(10)37-24-18(29)16(27)17(28)22(38-24)23(30)31)19-21(33-2)15(26)13-11(36-19)6-12-20(14(13)25)35-7-34-12/h3-6,16-18,22,24-25,27-29H,7H2,1-2H3,(H,30,31)/t16?,17-,18?,22?,24+/m0/s1. The van der Waals surface area contributed by atoms with Gasteiger partial charge in [-0.15, -0.1) is 0 Å². The smallest absolute Gasteiger partial charge is 0.335 e. The molecule has 1 saturated heterocycles. The van der Waals surface area contributed by atoms with E-state index in [0.717, 1.165) is 0 Å². The number of benzene rings is 2. The maximum Gasteiger partial charge on any atom is 0.335 e. The minimum atomic E-state index is -1.88. The van der Waals surface area contributed by atoms with E-state index in [1.807, 2.05) is 0 Å². The average Bonchev–Trinajstić information content (AvgIpc) is 3.37. The lowest BCUT2D eigenvalue weighted by atomic mass is 9.99. The second-order valence-corrected chi connectivity index (χ2v) is 8.34. The molecular weight excluding hydrogens is 512 g/mol. The number of phenols is 1. The Morgan fingerprint density at radius 3 is 2.45 bits per heavy atom. The molecule has 2 aliphatic rings. The second-order valence-electron chi connectivity index (χ2n) is 8.34. The summed E-state index contributed by atoms with van der Waals surface area (Å²) in [5.41, 5.74) is -0.395. The fraction of sp³-hybridized carbons (Fsp3) is 0.333. The summed E-state index contributed by atoms with van der Waals surface area (Å²) in [5.74, 6) is -2.05. The number of aliphatic hydroxyl groups excluding tert-OH is 3. The van der Waals surface area contributed by atoms with Gasteiger partial charge in [-0.3, -0.25) is 4.79 Å². The molecule has 3 aromatic rings. The number of phenolic OH excluding ortho intramolecular Hbond substituents is 1. The van der Waals surface area contributed by atoms with Crippen LogP contribution in [0.2, 0.25) is 0 Å². The van der Waals surface area contributed by atoms with Gasteiger partial charge in [-0.05, 0) is 18.2 Å². The van der Waals surface area contributed by atoms with Crippen LogP contribution < -0.4 is 29.1 Å². The van der Waals surface area contributed by atoms with E-state index in [1.165, 1.54) is 38.5 Å². The van der Waals surface area contributed by atoms with Gasteiger partial charge in [0.2, 0.25) is 30.0 Å². The van der Waals surface area contributed by atoms with E-state index in [2.05, 4.69) is 0 Å². The number of carbonyl (C=O) groups is 1. The Hall–Kier alpha value is -4.24. The molecule has 3 heterocycles. The minimum Gasteiger partial charge on any atom is -0.504 e. The molecule has 5 N–H and O–H groups in total. The summed E-state index contributed by atoms with van der Waals surface area (Å²) in [5, 5.41) is 49.8. The predicted molar refractivity (Wildman–Crippen MR) is 124 cm³/mol. The lowest BCUT2D eigenvalue weighted by molar-refractivity contribution is -0.271. The first-order valence-electron chi connectivity index (χ1n) is 11.1. The SMILES string of the molecule is COc1cc(-c2oc3cc4c(c(O)c3c(=O)c2OC)OCO4)ccc1O[C@@H]1OC(C(=O)O)[C@@H](O)C(O)C1O. The molecular formula is C24H22O14. The third-order valence-electron chi connectivity index (χ3n) is 6.14. The van der Waals surface area contributed by atoms with Gasteiger partial charge in [0.1, 0.15) is 29.3 Å². The van der Waals surface area contributed by atoms with Gasteiger partial charge in [0.25, 0.3) is 0 Å². The van der Waals surface area contributed by atoms with E-state index in [4.69, 9.17) is 32.8 Å². The maximum atomic E-state index is 13.2. The van der Waals surface area contributed by atoms with Crippen LogP contribution in [0.15, 0.2) is 33.5 Å². The monoisotopic (exact) mass is 534 g/mol. The molecule has 2 aromatic carbocycles. The number of rotatable bonds is 6. The lowest BCUT2D eigenvalue weighted by Crippen LogP contribution is -2.61. The second kappa shape index (κ2) is 9.57. The van der Waals surface area contributed by atoms with Crippen LogP contribution in [-0.2, 0) is 9.53 Å². The van der Waals surface area contributed by atoms with E-state index in [9.17, 15) is 35.1 Å². The summed E-state index contributed by atoms with van der Waals surface area (Å²) in [6, 6.07) is 5.62. The number of carboxylic acids is 1. The van der Waals surface area contributed by atoms with Gasteiger partial charge in [-0.25, -0.2) is 4.79 Å². The molecule has 14 heteroatoms. The van der Waals surface area contributed by atoms with Crippen molar-refractivity contribution in [2.45, 2.75) is 30.7 Å². The topological polar surface area (TPSA) is 204 Å². The van der Waals surface area contributed by atoms with Gasteiger partial charge in [0.15, 0.2) is 34.9 Å². The highest BCUT2D eigenvalue weighted by atomic mass is 16.7. The zero-order valence-corrected chi connectivity index (χ0v) is 19.8. The first-order chi connectivity index (χ1) is 18.2. The normalized spacial score (nSPS) is 24.3. The summed E-state index contributed by atoms with van der Waals surface area (Å²) in [6.07, 6.45) is -9.05. The third-order valence-corrected chi connectivity index (χ3v) is 6.14. The van der Waals surface area contributed by atoms with Crippen LogP contribution in [-0.4, -0.2) is 83.2 Å². The van der Waals surface area contributed by atoms with Crippen molar-refractivity contribution in [3.05, 3.63) is 34.5 Å². The number of ether oxygens (including phenoxy) is 6. The van der Waals surface area contributed by atoms with Gasteiger partial charge in [-0.1, -0.05) is 0 Å². The number of carboxylic acid groups (broad SMARTS) is 1. The van der Waals surface area contributed by atoms with Crippen molar-refractivity contribution in [2.75, 3.05) is 21.0 Å². The van der Waals surface area contributed by atoms with Crippen LogP contribution in [0.3, 0.4) is 0 Å². The highest BCUT2D eigenvalue weighted by Gasteiger charge is 2.48. The highest BCUT2D eigenvalue weighted by Crippen LogP contribution is 2.46. The van der Waals surface area contributed by atoms with Gasteiger partial charge >= 0.3 is 5.97 Å². The number of aliphatic carboxylic acids is 1. The molecule has 0 amide bonds. The van der Waals surface area contributed by atoms with Gasteiger partial charge in [0.05, 0.1) is 14.2 Å². The van der Waals surface area contributed by atoms with Crippen molar-refractivity contribution in [1.29, 1.82) is 0 Å². The fourth-order valence-corrected chi connectivity index (χ4v) is 4.23. The summed E-state index contributed by atoms with van der Waals surface area (Å²) >= 11 is 0. The van der Waals surface area contributed by atoms with Gasteiger partial charge in [-0.2, -0.15) is 0 Å². The maximum absolute atomic E-state index is 13.2. The van der Waals surface area contributed by atoms with Crippen LogP contribution >= 0.6 is 0 Å². The fourth-order valence-electron chi connectivity index (χ4n) is 4.23. The molecule has 0 saturated carbocycles. The van der Waals surface area contributed by atoms with Crippen molar-refractivity contribution < 1.29 is 63.2 Å². The van der Waals surface area contributed by atoms with E-state index in [-0.39, 0.29) is 57.8 Å². The van der Waals surface area contributed by atoms with Crippen molar-refractivity contribution in [3.63, 3.8) is 0 Å². The zero-order valence-electron chi connectivity index (χ0n) is 19.8. The number of aromatic hydroxyl groups is 1. The molecule has 1 aromatic heterocycles. The van der Waals surface area contributed by atoms with Crippen LogP contribution in [0.5, 0.6) is 34.5 Å². The van der Waals surface area contributed by atoms with Crippen LogP contribution in [0.4, 0.5) is 0 Å². The molecule has 0 bridgehead atoms. The first-order valence-corrected chi connectivity index (χ1v) is 11.1. The Bertz CT molecular complexity index is 1460. The number of hydrogen-bond acceptors (Lipinski definition) is 13. The predicted octanol–water partition coefficient (Wildman–Crippen LogP) is 0.182. The van der Waals surface area contributed by atoms with Crippen LogP contribution in [0.1, 0.15) is 0 Å². The summed E-state index contributed by atoms with van der Waals surface area (Å²) in [4.78, 5) is 24.6. The van der Waals surface area contributed by atoms with Crippen molar-refractivity contribution in [2.24, 2.45) is 0 Å². The van der Waals surface area contributed by atoms with E-state index in [0.29, 0.717) is 0 Å². The number of fused-ring (bicyclic) bond motifs is 2. The van der Waals surface area contributed by atoms with Crippen LogP contribution in [0.25, 0.3) is 22.3 Å². The van der Waals surface area contributed by atoms with Crippen molar-refractivity contribution >= 4 is 16.9 Å². The van der Waals surface area contributed by atoms with Crippen molar-refractivity contribution in [1.82, 2.24) is 0 Å². The Morgan fingerprint density at radius 2 is 1.76 bits per heavy atom. The quantitative estimate of drug-likeness (QED) is 0.286. The minimum absolute atomic E-state index is 0.00201. The van der Waals surface area contributed by atoms with E-state index < -0.39 is 47.9 Å². The Morgan fingerprint density at radius 1 is 1.00 bits per heavy atom. The molecule has 5 atom stereocenters. The number of methoxy groups -OCH3 is 2. The summed E-state index contributed by atoms with van der Waals surface area (Å²) in [6.45, 7) is -0.140. The number of hydrogen-bond donors (Lipinski definition) is 5. The largest absolute Gasteiger partial charge is 0.504 e. The molecule has 38 heavy (non-hydrogen) atoms. The van der Waals surface area contributed by atoms with Gasteiger partial charge < -0.3 is 58.4 Å². The number of aliphatic hydroxyl groups is 3. The molecule has 5 rings (SSSR count). The highest BCUT2D eigenvalue weighted by molar-refractivity contribution is 5.91.